The number of methoxy groups -OCH3 is 2. The molecule has 0 saturated carbocycles. The highest BCUT2D eigenvalue weighted by molar-refractivity contribution is 7.99. The number of hydrogen-bond acceptors (Lipinski definition) is 6. The minimum atomic E-state index is 0.496. The third kappa shape index (κ3) is 4.85. The van der Waals surface area contributed by atoms with Crippen LogP contribution in [-0.4, -0.2) is 39.7 Å². The summed E-state index contributed by atoms with van der Waals surface area (Å²) in [6.07, 6.45) is 4.47. The molecule has 0 aliphatic heterocycles. The smallest absolute Gasteiger partial charge is 0.196 e. The molecule has 2 heterocycles. The van der Waals surface area contributed by atoms with E-state index < -0.39 is 0 Å². The number of halogens is 2. The first-order valence-electron chi connectivity index (χ1n) is 9.75. The molecule has 0 bridgehead atoms. The van der Waals surface area contributed by atoms with Crippen molar-refractivity contribution < 1.29 is 9.47 Å². The highest BCUT2D eigenvalue weighted by atomic mass is 35.5. The lowest BCUT2D eigenvalue weighted by Gasteiger charge is -2.14. The molecule has 0 aliphatic rings. The summed E-state index contributed by atoms with van der Waals surface area (Å²) < 4.78 is 12.8. The molecule has 0 fully saturated rings. The third-order valence-electron chi connectivity index (χ3n) is 4.80. The van der Waals surface area contributed by atoms with Crippen LogP contribution in [0.2, 0.25) is 10.0 Å². The molecule has 6 nitrogen and oxygen atoms in total. The Balaban J connectivity index is 1.75. The molecule has 0 aliphatic carbocycles. The van der Waals surface area contributed by atoms with Crippen LogP contribution in [0.1, 0.15) is 5.56 Å². The van der Waals surface area contributed by atoms with Crippen molar-refractivity contribution in [3.8, 4) is 28.6 Å². The van der Waals surface area contributed by atoms with E-state index in [4.69, 9.17) is 32.7 Å². The molecule has 2 aromatic carbocycles. The first kappa shape index (κ1) is 22.5. The van der Waals surface area contributed by atoms with Crippen LogP contribution in [-0.2, 0) is 6.42 Å². The standard InChI is InChI=1S/C23H20Cl2N4O2S/c1-30-20-5-3-16(24)13-18(20)22-27-28-23(32-12-9-15-7-10-26-11-8-15)29(22)17-4-6-21(31-2)19(25)14-17/h3-8,10-11,13-14H,9,12H2,1-2H3. The molecule has 0 atom stereocenters. The molecule has 0 amide bonds. The van der Waals surface area contributed by atoms with E-state index in [0.717, 1.165) is 28.6 Å². The Morgan fingerprint density at radius 2 is 1.66 bits per heavy atom. The molecule has 4 aromatic rings. The van der Waals surface area contributed by atoms with Gasteiger partial charge in [0.25, 0.3) is 0 Å². The number of ether oxygens (including phenoxy) is 2. The van der Waals surface area contributed by atoms with Crippen molar-refractivity contribution in [3.05, 3.63) is 76.5 Å². The zero-order chi connectivity index (χ0) is 22.5. The molecule has 2 aromatic heterocycles. The number of aromatic nitrogens is 4. The van der Waals surface area contributed by atoms with Crippen molar-refractivity contribution in [3.63, 3.8) is 0 Å². The van der Waals surface area contributed by atoms with Gasteiger partial charge in [-0.15, -0.1) is 10.2 Å². The summed E-state index contributed by atoms with van der Waals surface area (Å²) in [6, 6.07) is 15.0. The Hall–Kier alpha value is -2.74. The lowest BCUT2D eigenvalue weighted by Crippen LogP contribution is -2.02. The van der Waals surface area contributed by atoms with Crippen LogP contribution in [0.25, 0.3) is 17.1 Å². The van der Waals surface area contributed by atoms with Crippen molar-refractivity contribution in [1.29, 1.82) is 0 Å². The Kier molecular flexibility index (Phi) is 7.19. The summed E-state index contributed by atoms with van der Waals surface area (Å²) in [6.45, 7) is 0. The van der Waals surface area contributed by atoms with Gasteiger partial charge in [0.05, 0.1) is 30.5 Å². The quantitative estimate of drug-likeness (QED) is 0.285. The van der Waals surface area contributed by atoms with Crippen LogP contribution >= 0.6 is 35.0 Å². The van der Waals surface area contributed by atoms with Gasteiger partial charge >= 0.3 is 0 Å². The number of pyridine rings is 1. The van der Waals surface area contributed by atoms with E-state index in [9.17, 15) is 0 Å². The molecular weight excluding hydrogens is 467 g/mol. The average molecular weight is 487 g/mol. The van der Waals surface area contributed by atoms with Gasteiger partial charge in [-0.3, -0.25) is 9.55 Å². The third-order valence-corrected chi connectivity index (χ3v) is 6.26. The normalized spacial score (nSPS) is 10.9. The van der Waals surface area contributed by atoms with Crippen LogP contribution in [0, 0.1) is 0 Å². The predicted molar refractivity (Wildman–Crippen MR) is 129 cm³/mol. The van der Waals surface area contributed by atoms with E-state index in [1.807, 2.05) is 47.0 Å². The van der Waals surface area contributed by atoms with Crippen LogP contribution in [0.3, 0.4) is 0 Å². The summed E-state index contributed by atoms with van der Waals surface area (Å²) in [5, 5.41) is 10.8. The van der Waals surface area contributed by atoms with Gasteiger partial charge in [-0.25, -0.2) is 0 Å². The molecule has 0 N–H and O–H groups in total. The van der Waals surface area contributed by atoms with E-state index >= 15 is 0 Å². The number of rotatable bonds is 8. The Morgan fingerprint density at radius 3 is 2.38 bits per heavy atom. The maximum atomic E-state index is 6.43. The summed E-state index contributed by atoms with van der Waals surface area (Å²) >= 11 is 14.3. The zero-order valence-corrected chi connectivity index (χ0v) is 19.8. The first-order chi connectivity index (χ1) is 15.6. The van der Waals surface area contributed by atoms with Gasteiger partial charge in [0.15, 0.2) is 11.0 Å². The molecule has 0 radical (unpaired) electrons. The Bertz CT molecular complexity index is 1220. The molecule has 4 rings (SSSR count). The van der Waals surface area contributed by atoms with Crippen LogP contribution in [0.5, 0.6) is 11.5 Å². The lowest BCUT2D eigenvalue weighted by molar-refractivity contribution is 0.415. The van der Waals surface area contributed by atoms with Crippen molar-refractivity contribution in [2.45, 2.75) is 11.6 Å². The largest absolute Gasteiger partial charge is 0.496 e. The van der Waals surface area contributed by atoms with Gasteiger partial charge in [-0.1, -0.05) is 35.0 Å². The average Bonchev–Trinajstić information content (AvgIpc) is 3.23. The number of hydrogen-bond donors (Lipinski definition) is 0. The van der Waals surface area contributed by atoms with E-state index in [-0.39, 0.29) is 0 Å². The summed E-state index contributed by atoms with van der Waals surface area (Å²) in [5.41, 5.74) is 2.76. The van der Waals surface area contributed by atoms with Gasteiger partial charge in [0, 0.05) is 23.2 Å². The maximum absolute atomic E-state index is 6.43. The minimum absolute atomic E-state index is 0.496. The number of nitrogens with zero attached hydrogens (tertiary/aromatic N) is 4. The number of thioether (sulfide) groups is 1. The number of aryl methyl sites for hydroxylation is 1. The van der Waals surface area contributed by atoms with Crippen molar-refractivity contribution in [2.75, 3.05) is 20.0 Å². The fourth-order valence-electron chi connectivity index (χ4n) is 3.23. The fourth-order valence-corrected chi connectivity index (χ4v) is 4.59. The Morgan fingerprint density at radius 1 is 0.906 bits per heavy atom. The highest BCUT2D eigenvalue weighted by Gasteiger charge is 2.20. The van der Waals surface area contributed by atoms with Crippen molar-refractivity contribution >= 4 is 35.0 Å². The fraction of sp³-hybridized carbons (Fsp3) is 0.174. The predicted octanol–water partition coefficient (Wildman–Crippen LogP) is 5.99. The van der Waals surface area contributed by atoms with Crippen LogP contribution in [0.4, 0.5) is 0 Å². The summed E-state index contributed by atoms with van der Waals surface area (Å²) in [7, 11) is 3.20. The molecular formula is C23H20Cl2N4O2S. The van der Waals surface area contributed by atoms with Crippen LogP contribution in [0.15, 0.2) is 66.1 Å². The topological polar surface area (TPSA) is 62.1 Å². The van der Waals surface area contributed by atoms with E-state index in [0.29, 0.717) is 27.4 Å². The molecule has 164 valence electrons. The second kappa shape index (κ2) is 10.3. The van der Waals surface area contributed by atoms with Gasteiger partial charge in [-0.2, -0.15) is 0 Å². The van der Waals surface area contributed by atoms with Gasteiger partial charge < -0.3 is 9.47 Å². The molecule has 0 saturated heterocycles. The van der Waals surface area contributed by atoms with Gasteiger partial charge in [-0.05, 0) is 60.5 Å². The molecule has 9 heteroatoms. The van der Waals surface area contributed by atoms with Gasteiger partial charge in [0.2, 0.25) is 0 Å². The first-order valence-corrected chi connectivity index (χ1v) is 11.5. The van der Waals surface area contributed by atoms with Crippen LogP contribution < -0.4 is 9.47 Å². The molecule has 0 spiro atoms. The maximum Gasteiger partial charge on any atom is 0.196 e. The van der Waals surface area contributed by atoms with Crippen molar-refractivity contribution in [1.82, 2.24) is 19.7 Å². The van der Waals surface area contributed by atoms with E-state index in [2.05, 4.69) is 15.2 Å². The second-order valence-electron chi connectivity index (χ2n) is 6.76. The summed E-state index contributed by atoms with van der Waals surface area (Å²) in [5.74, 6) is 2.67. The van der Waals surface area contributed by atoms with Gasteiger partial charge in [0.1, 0.15) is 11.5 Å². The highest BCUT2D eigenvalue weighted by Crippen LogP contribution is 2.36. The van der Waals surface area contributed by atoms with Crippen molar-refractivity contribution in [2.24, 2.45) is 0 Å². The van der Waals surface area contributed by atoms with E-state index in [1.54, 1.807) is 44.4 Å². The zero-order valence-electron chi connectivity index (χ0n) is 17.5. The SMILES string of the molecule is COc1ccc(-n2c(SCCc3ccncc3)nnc2-c2cc(Cl)ccc2OC)cc1Cl. The number of benzene rings is 2. The Labute approximate surface area is 200 Å². The molecule has 32 heavy (non-hydrogen) atoms. The molecule has 0 unspecified atom stereocenters. The summed E-state index contributed by atoms with van der Waals surface area (Å²) in [4.78, 5) is 4.07. The lowest BCUT2D eigenvalue weighted by atomic mass is 10.2. The van der Waals surface area contributed by atoms with E-state index in [1.165, 1.54) is 5.56 Å². The monoisotopic (exact) mass is 486 g/mol. The minimum Gasteiger partial charge on any atom is -0.496 e. The second-order valence-corrected chi connectivity index (χ2v) is 8.66.